The van der Waals surface area contributed by atoms with Crippen molar-refractivity contribution in [2.24, 2.45) is 10.9 Å². The van der Waals surface area contributed by atoms with E-state index in [9.17, 15) is 8.42 Å². The third-order valence-electron chi connectivity index (χ3n) is 2.42. The fourth-order valence-electron chi connectivity index (χ4n) is 1.48. The SMILES string of the molecule is NC(CCNS(=O)(=O)C1CCOCC1)=NO. The van der Waals surface area contributed by atoms with Crippen molar-refractivity contribution in [3.63, 3.8) is 0 Å². The van der Waals surface area contributed by atoms with Gasteiger partial charge in [0, 0.05) is 26.2 Å². The van der Waals surface area contributed by atoms with Gasteiger partial charge in [0.25, 0.3) is 0 Å². The van der Waals surface area contributed by atoms with E-state index in [1.165, 1.54) is 0 Å². The van der Waals surface area contributed by atoms with Crippen LogP contribution in [0.4, 0.5) is 0 Å². The van der Waals surface area contributed by atoms with Gasteiger partial charge in [-0.3, -0.25) is 0 Å². The normalized spacial score (nSPS) is 19.9. The number of ether oxygens (including phenoxy) is 1. The topological polar surface area (TPSA) is 114 Å². The van der Waals surface area contributed by atoms with Crippen molar-refractivity contribution in [1.82, 2.24) is 4.72 Å². The summed E-state index contributed by atoms with van der Waals surface area (Å²) in [5.41, 5.74) is 5.23. The van der Waals surface area contributed by atoms with Crippen LogP contribution in [0.3, 0.4) is 0 Å². The van der Waals surface area contributed by atoms with E-state index in [0.717, 1.165) is 0 Å². The van der Waals surface area contributed by atoms with Crippen molar-refractivity contribution < 1.29 is 18.4 Å². The van der Waals surface area contributed by atoms with E-state index in [0.29, 0.717) is 26.1 Å². The molecule has 94 valence electrons. The number of nitrogens with one attached hydrogen (secondary N) is 1. The molecule has 1 rings (SSSR count). The fourth-order valence-corrected chi connectivity index (χ4v) is 2.91. The maximum absolute atomic E-state index is 11.7. The average Bonchev–Trinajstić information content (AvgIpc) is 2.30. The summed E-state index contributed by atoms with van der Waals surface area (Å²) >= 11 is 0. The van der Waals surface area contributed by atoms with Crippen LogP contribution in [-0.4, -0.2) is 44.5 Å². The zero-order valence-electron chi connectivity index (χ0n) is 8.92. The van der Waals surface area contributed by atoms with Gasteiger partial charge in [-0.05, 0) is 12.8 Å². The van der Waals surface area contributed by atoms with Crippen LogP contribution in [-0.2, 0) is 14.8 Å². The van der Waals surface area contributed by atoms with Crippen LogP contribution in [0.2, 0.25) is 0 Å². The zero-order chi connectivity index (χ0) is 12.0. The predicted molar refractivity (Wildman–Crippen MR) is 58.8 cm³/mol. The molecule has 0 aromatic heterocycles. The fraction of sp³-hybridized carbons (Fsp3) is 0.875. The van der Waals surface area contributed by atoms with E-state index in [-0.39, 0.29) is 18.8 Å². The average molecular weight is 251 g/mol. The van der Waals surface area contributed by atoms with Crippen LogP contribution in [0.25, 0.3) is 0 Å². The summed E-state index contributed by atoms with van der Waals surface area (Å²) in [5.74, 6) is 0.00896. The Kier molecular flexibility index (Phi) is 4.97. The molecule has 0 spiro atoms. The van der Waals surface area contributed by atoms with E-state index in [2.05, 4.69) is 9.88 Å². The van der Waals surface area contributed by atoms with Gasteiger partial charge < -0.3 is 15.7 Å². The van der Waals surface area contributed by atoms with Crippen molar-refractivity contribution in [2.75, 3.05) is 19.8 Å². The van der Waals surface area contributed by atoms with Gasteiger partial charge >= 0.3 is 0 Å². The lowest BCUT2D eigenvalue weighted by atomic mass is 10.2. The van der Waals surface area contributed by atoms with Gasteiger partial charge in [-0.15, -0.1) is 0 Å². The van der Waals surface area contributed by atoms with E-state index in [1.54, 1.807) is 0 Å². The molecule has 0 aliphatic carbocycles. The second-order valence-electron chi connectivity index (χ2n) is 3.59. The summed E-state index contributed by atoms with van der Waals surface area (Å²) in [6, 6.07) is 0. The van der Waals surface area contributed by atoms with Crippen LogP contribution in [0, 0.1) is 0 Å². The van der Waals surface area contributed by atoms with Gasteiger partial charge in [0.15, 0.2) is 0 Å². The monoisotopic (exact) mass is 251 g/mol. The Morgan fingerprint density at radius 1 is 1.50 bits per heavy atom. The molecule has 0 aromatic rings. The second-order valence-corrected chi connectivity index (χ2v) is 5.64. The maximum atomic E-state index is 11.7. The summed E-state index contributed by atoms with van der Waals surface area (Å²) in [4.78, 5) is 0. The molecule has 1 aliphatic heterocycles. The van der Waals surface area contributed by atoms with Crippen molar-refractivity contribution in [1.29, 1.82) is 0 Å². The Balaban J connectivity index is 2.39. The Labute approximate surface area is 94.7 Å². The molecule has 1 aliphatic rings. The highest BCUT2D eigenvalue weighted by molar-refractivity contribution is 7.90. The first-order chi connectivity index (χ1) is 7.56. The molecular weight excluding hydrogens is 234 g/mol. The Hall–Kier alpha value is -0.860. The van der Waals surface area contributed by atoms with Gasteiger partial charge in [0.2, 0.25) is 10.0 Å². The number of rotatable bonds is 5. The molecular formula is C8H17N3O4S. The molecule has 0 aromatic carbocycles. The summed E-state index contributed by atoms with van der Waals surface area (Å²) in [6.07, 6.45) is 1.22. The lowest BCUT2D eigenvalue weighted by Crippen LogP contribution is -2.39. The van der Waals surface area contributed by atoms with Crippen LogP contribution in [0.15, 0.2) is 5.16 Å². The minimum Gasteiger partial charge on any atom is -0.409 e. The van der Waals surface area contributed by atoms with Gasteiger partial charge in [-0.2, -0.15) is 0 Å². The number of amidine groups is 1. The highest BCUT2D eigenvalue weighted by atomic mass is 32.2. The number of oxime groups is 1. The molecule has 0 saturated carbocycles. The van der Waals surface area contributed by atoms with Crippen LogP contribution in [0.5, 0.6) is 0 Å². The summed E-state index contributed by atoms with van der Waals surface area (Å²) in [6.45, 7) is 1.10. The molecule has 0 radical (unpaired) electrons. The van der Waals surface area contributed by atoms with Crippen molar-refractivity contribution in [3.8, 4) is 0 Å². The van der Waals surface area contributed by atoms with Gasteiger partial charge in [-0.25, -0.2) is 13.1 Å². The smallest absolute Gasteiger partial charge is 0.214 e. The number of nitrogens with two attached hydrogens (primary N) is 1. The Bertz CT molecular complexity index is 335. The third-order valence-corrected chi connectivity index (χ3v) is 4.38. The van der Waals surface area contributed by atoms with E-state index < -0.39 is 15.3 Å². The Morgan fingerprint density at radius 3 is 2.69 bits per heavy atom. The van der Waals surface area contributed by atoms with E-state index in [1.807, 2.05) is 0 Å². The van der Waals surface area contributed by atoms with Crippen LogP contribution < -0.4 is 10.5 Å². The molecule has 8 heteroatoms. The highest BCUT2D eigenvalue weighted by Gasteiger charge is 2.26. The zero-order valence-corrected chi connectivity index (χ0v) is 9.74. The number of hydrogen-bond donors (Lipinski definition) is 3. The highest BCUT2D eigenvalue weighted by Crippen LogP contribution is 2.14. The first kappa shape index (κ1) is 13.2. The molecule has 16 heavy (non-hydrogen) atoms. The molecule has 0 unspecified atom stereocenters. The molecule has 0 amide bonds. The first-order valence-electron chi connectivity index (χ1n) is 5.09. The van der Waals surface area contributed by atoms with Crippen LogP contribution >= 0.6 is 0 Å². The molecule has 1 saturated heterocycles. The van der Waals surface area contributed by atoms with Crippen molar-refractivity contribution >= 4 is 15.9 Å². The second kappa shape index (κ2) is 6.02. The van der Waals surface area contributed by atoms with Crippen LogP contribution in [0.1, 0.15) is 19.3 Å². The third kappa shape index (κ3) is 3.95. The number of sulfonamides is 1. The minimum absolute atomic E-state index is 0.00896. The molecule has 7 nitrogen and oxygen atoms in total. The molecule has 1 heterocycles. The lowest BCUT2D eigenvalue weighted by Gasteiger charge is -2.22. The lowest BCUT2D eigenvalue weighted by molar-refractivity contribution is 0.0981. The minimum atomic E-state index is -3.31. The van der Waals surface area contributed by atoms with Gasteiger partial charge in [-0.1, -0.05) is 5.16 Å². The van der Waals surface area contributed by atoms with E-state index >= 15 is 0 Å². The summed E-state index contributed by atoms with van der Waals surface area (Å²) < 4.78 is 31.0. The molecule has 4 N–H and O–H groups in total. The van der Waals surface area contributed by atoms with Gasteiger partial charge in [0.05, 0.1) is 5.25 Å². The number of hydrogen-bond acceptors (Lipinski definition) is 5. The predicted octanol–water partition coefficient (Wildman–Crippen LogP) is -0.779. The number of nitrogens with zero attached hydrogens (tertiary/aromatic N) is 1. The first-order valence-corrected chi connectivity index (χ1v) is 6.63. The van der Waals surface area contributed by atoms with Gasteiger partial charge in [0.1, 0.15) is 5.84 Å². The van der Waals surface area contributed by atoms with Crippen molar-refractivity contribution in [2.45, 2.75) is 24.5 Å². The van der Waals surface area contributed by atoms with E-state index in [4.69, 9.17) is 15.7 Å². The standard InChI is InChI=1S/C8H17N3O4S/c9-8(11-12)1-4-10-16(13,14)7-2-5-15-6-3-7/h7,10,12H,1-6H2,(H2,9,11). The molecule has 0 bridgehead atoms. The maximum Gasteiger partial charge on any atom is 0.214 e. The quantitative estimate of drug-likeness (QED) is 0.257. The Morgan fingerprint density at radius 2 is 2.12 bits per heavy atom. The molecule has 1 fully saturated rings. The molecule has 0 atom stereocenters. The van der Waals surface area contributed by atoms with Crippen molar-refractivity contribution in [3.05, 3.63) is 0 Å². The summed E-state index contributed by atoms with van der Waals surface area (Å²) in [5, 5.41) is 10.6. The summed E-state index contributed by atoms with van der Waals surface area (Å²) in [7, 11) is -3.31. The largest absolute Gasteiger partial charge is 0.409 e.